The number of fused-ring (bicyclic) bond motifs is 5. The van der Waals surface area contributed by atoms with Crippen molar-refractivity contribution in [3.05, 3.63) is 23.8 Å². The van der Waals surface area contributed by atoms with Crippen LogP contribution >= 0.6 is 15.9 Å². The maximum atomic E-state index is 11.9. The fourth-order valence-corrected chi connectivity index (χ4v) is 7.23. The normalized spacial score (nSPS) is 47.0. The van der Waals surface area contributed by atoms with Crippen molar-refractivity contribution >= 4 is 21.7 Å². The molecule has 0 aromatic heterocycles. The first kappa shape index (κ1) is 17.1. The maximum Gasteiger partial charge on any atom is 0.156 e. The van der Waals surface area contributed by atoms with Gasteiger partial charge in [-0.25, -0.2) is 0 Å². The summed E-state index contributed by atoms with van der Waals surface area (Å²) >= 11 is 3.62. The van der Waals surface area contributed by atoms with Gasteiger partial charge >= 0.3 is 0 Å². The van der Waals surface area contributed by atoms with Crippen LogP contribution in [0, 0.1) is 34.5 Å². The minimum atomic E-state index is 0.253. The van der Waals surface area contributed by atoms with Gasteiger partial charge < -0.3 is 0 Å². The van der Waals surface area contributed by atoms with E-state index in [1.165, 1.54) is 44.1 Å². The van der Waals surface area contributed by atoms with Crippen LogP contribution in [0.2, 0.25) is 0 Å². The zero-order valence-corrected chi connectivity index (χ0v) is 16.8. The Labute approximate surface area is 155 Å². The number of carbonyl (C=O) groups excluding carboxylic acids is 1. The predicted octanol–water partition coefficient (Wildman–Crippen LogP) is 6.09. The molecule has 6 atom stereocenters. The van der Waals surface area contributed by atoms with Gasteiger partial charge in [0.25, 0.3) is 0 Å². The first-order valence-corrected chi connectivity index (χ1v) is 11.1. The monoisotopic (exact) mass is 390 g/mol. The van der Waals surface area contributed by atoms with Gasteiger partial charge in [-0.15, -0.1) is 0 Å². The highest BCUT2D eigenvalue weighted by molar-refractivity contribution is 9.09. The Morgan fingerprint density at radius 3 is 2.79 bits per heavy atom. The average Bonchev–Trinajstić information content (AvgIpc) is 2.90. The number of alkyl halides is 1. The van der Waals surface area contributed by atoms with Gasteiger partial charge in [-0.1, -0.05) is 41.9 Å². The van der Waals surface area contributed by atoms with Gasteiger partial charge in [0.1, 0.15) is 0 Å². The quantitative estimate of drug-likeness (QED) is 0.533. The molecule has 24 heavy (non-hydrogen) atoms. The second kappa shape index (κ2) is 6.11. The van der Waals surface area contributed by atoms with Gasteiger partial charge in [0.15, 0.2) is 5.78 Å². The molecule has 2 saturated carbocycles. The first-order valence-electron chi connectivity index (χ1n) is 9.98. The van der Waals surface area contributed by atoms with Crippen LogP contribution < -0.4 is 0 Å². The van der Waals surface area contributed by atoms with Crippen molar-refractivity contribution < 1.29 is 4.79 Å². The Hall–Kier alpha value is -0.370. The van der Waals surface area contributed by atoms with E-state index in [0.717, 1.165) is 41.8 Å². The zero-order chi connectivity index (χ0) is 16.9. The van der Waals surface area contributed by atoms with Crippen molar-refractivity contribution in [1.82, 2.24) is 0 Å². The number of ketones is 1. The molecule has 0 heterocycles. The van der Waals surface area contributed by atoms with E-state index in [1.807, 2.05) is 6.08 Å². The van der Waals surface area contributed by atoms with Gasteiger partial charge in [-0.05, 0) is 91.1 Å². The Morgan fingerprint density at radius 1 is 1.17 bits per heavy atom. The van der Waals surface area contributed by atoms with Gasteiger partial charge in [0, 0.05) is 11.8 Å². The molecule has 0 unspecified atom stereocenters. The van der Waals surface area contributed by atoms with E-state index in [9.17, 15) is 4.79 Å². The molecule has 0 spiro atoms. The Bertz CT molecular complexity index is 591. The summed E-state index contributed by atoms with van der Waals surface area (Å²) in [5.74, 6) is 3.63. The Balaban J connectivity index is 1.64. The van der Waals surface area contributed by atoms with Crippen molar-refractivity contribution in [2.45, 2.75) is 65.2 Å². The molecular weight excluding hydrogens is 360 g/mol. The van der Waals surface area contributed by atoms with E-state index in [4.69, 9.17) is 0 Å². The van der Waals surface area contributed by atoms with Gasteiger partial charge in [0.2, 0.25) is 0 Å². The second-order valence-electron chi connectivity index (χ2n) is 9.28. The second-order valence-corrected chi connectivity index (χ2v) is 10.1. The highest BCUT2D eigenvalue weighted by atomic mass is 79.9. The highest BCUT2D eigenvalue weighted by Crippen LogP contribution is 2.65. The zero-order valence-electron chi connectivity index (χ0n) is 15.2. The van der Waals surface area contributed by atoms with Crippen LogP contribution in [0.5, 0.6) is 0 Å². The lowest BCUT2D eigenvalue weighted by Crippen LogP contribution is -2.48. The molecule has 0 radical (unpaired) electrons. The number of halogens is 1. The summed E-state index contributed by atoms with van der Waals surface area (Å²) in [5, 5.41) is 1.15. The van der Waals surface area contributed by atoms with E-state index < -0.39 is 0 Å². The molecule has 132 valence electrons. The van der Waals surface area contributed by atoms with Crippen molar-refractivity contribution in [2.24, 2.45) is 34.5 Å². The molecule has 0 aromatic carbocycles. The van der Waals surface area contributed by atoms with Crippen LogP contribution in [-0.2, 0) is 4.79 Å². The minimum absolute atomic E-state index is 0.253. The number of hydrogen-bond acceptors (Lipinski definition) is 1. The van der Waals surface area contributed by atoms with Crippen molar-refractivity contribution in [2.75, 3.05) is 5.33 Å². The maximum absolute atomic E-state index is 11.9. The number of carbonyl (C=O) groups is 1. The van der Waals surface area contributed by atoms with Crippen LogP contribution in [-0.4, -0.2) is 11.1 Å². The first-order chi connectivity index (χ1) is 11.5. The standard InChI is InChI=1S/C22H31BrO/c1-21-12-10-20-18(19(21)8-6-15(21)4-3-13-23)7-5-16-14-17(24)9-11-22(16,20)2/h5,7,14-15,18-20H,3-4,6,8-13H2,1-2H3/t15-,18-,19-,20-,21+,22-/m0/s1. The SMILES string of the molecule is C[C@]12CC[C@H]3[C@@H](C=CC4=CC(=O)CC[C@@]43C)[C@@H]1CC[C@@H]2CCCBr. The third-order valence-corrected chi connectivity index (χ3v) is 8.96. The lowest BCUT2D eigenvalue weighted by molar-refractivity contribution is -0.116. The molecule has 0 N–H and O–H groups in total. The molecule has 0 aliphatic heterocycles. The fraction of sp³-hybridized carbons (Fsp3) is 0.773. The molecule has 0 aromatic rings. The molecule has 0 amide bonds. The largest absolute Gasteiger partial charge is 0.295 e. The van der Waals surface area contributed by atoms with E-state index >= 15 is 0 Å². The summed E-state index contributed by atoms with van der Waals surface area (Å²) in [6.45, 7) is 5.05. The summed E-state index contributed by atoms with van der Waals surface area (Å²) in [5.41, 5.74) is 2.13. The van der Waals surface area contributed by atoms with Crippen LogP contribution in [0.15, 0.2) is 23.8 Å². The van der Waals surface area contributed by atoms with Crippen LogP contribution in [0.4, 0.5) is 0 Å². The average molecular weight is 391 g/mol. The molecule has 4 aliphatic rings. The minimum Gasteiger partial charge on any atom is -0.295 e. The van der Waals surface area contributed by atoms with Gasteiger partial charge in [-0.2, -0.15) is 0 Å². The third kappa shape index (κ3) is 2.42. The smallest absolute Gasteiger partial charge is 0.156 e. The number of hydrogen-bond donors (Lipinski definition) is 0. The summed E-state index contributed by atoms with van der Waals surface area (Å²) in [4.78, 5) is 11.9. The highest BCUT2D eigenvalue weighted by Gasteiger charge is 2.57. The number of allylic oxidation sites excluding steroid dienone is 4. The number of rotatable bonds is 3. The third-order valence-electron chi connectivity index (χ3n) is 8.40. The van der Waals surface area contributed by atoms with Gasteiger partial charge in [-0.3, -0.25) is 4.79 Å². The topological polar surface area (TPSA) is 17.1 Å². The van der Waals surface area contributed by atoms with Crippen LogP contribution in [0.3, 0.4) is 0 Å². The Kier molecular flexibility index (Phi) is 4.34. The molecule has 4 rings (SSSR count). The lowest BCUT2D eigenvalue weighted by atomic mass is 9.48. The molecule has 2 heteroatoms. The predicted molar refractivity (Wildman–Crippen MR) is 103 cm³/mol. The summed E-state index contributed by atoms with van der Waals surface area (Å²) in [6.07, 6.45) is 16.9. The molecule has 4 aliphatic carbocycles. The summed E-state index contributed by atoms with van der Waals surface area (Å²) in [6, 6.07) is 0. The molecular formula is C22H31BrO. The van der Waals surface area contributed by atoms with E-state index in [-0.39, 0.29) is 5.41 Å². The lowest BCUT2D eigenvalue weighted by Gasteiger charge is -2.56. The van der Waals surface area contributed by atoms with Crippen LogP contribution in [0.25, 0.3) is 0 Å². The summed E-state index contributed by atoms with van der Waals surface area (Å²) in [7, 11) is 0. The molecule has 1 nitrogen and oxygen atoms in total. The van der Waals surface area contributed by atoms with Crippen LogP contribution in [0.1, 0.15) is 65.2 Å². The molecule has 0 bridgehead atoms. The van der Waals surface area contributed by atoms with Crippen molar-refractivity contribution in [1.29, 1.82) is 0 Å². The van der Waals surface area contributed by atoms with Crippen molar-refractivity contribution in [3.63, 3.8) is 0 Å². The Morgan fingerprint density at radius 2 is 2.00 bits per heavy atom. The fourth-order valence-electron chi connectivity index (χ4n) is 6.90. The van der Waals surface area contributed by atoms with Crippen molar-refractivity contribution in [3.8, 4) is 0 Å². The molecule has 0 saturated heterocycles. The van der Waals surface area contributed by atoms with Gasteiger partial charge in [0.05, 0.1) is 0 Å². The molecule has 2 fully saturated rings. The van der Waals surface area contributed by atoms with E-state index in [1.54, 1.807) is 0 Å². The summed E-state index contributed by atoms with van der Waals surface area (Å²) < 4.78 is 0. The van der Waals surface area contributed by atoms with E-state index in [2.05, 4.69) is 41.9 Å². The van der Waals surface area contributed by atoms with E-state index in [0.29, 0.717) is 11.2 Å².